The number of carboxylic acid groups (broad SMARTS) is 1. The van der Waals surface area contributed by atoms with Crippen molar-refractivity contribution in [3.05, 3.63) is 0 Å². The number of nitrogens with zero attached hydrogens (tertiary/aromatic N) is 2. The van der Waals surface area contributed by atoms with Crippen LogP contribution in [0.4, 0.5) is 4.79 Å². The molecule has 2 saturated heterocycles. The van der Waals surface area contributed by atoms with E-state index in [0.29, 0.717) is 26.3 Å². The van der Waals surface area contributed by atoms with Gasteiger partial charge < -0.3 is 19.6 Å². The van der Waals surface area contributed by atoms with Gasteiger partial charge in [0.2, 0.25) is 0 Å². The molecule has 0 aliphatic carbocycles. The van der Waals surface area contributed by atoms with E-state index in [1.54, 1.807) is 4.90 Å². The molecule has 0 spiro atoms. The number of rotatable bonds is 1. The van der Waals surface area contributed by atoms with Crippen LogP contribution in [0.25, 0.3) is 0 Å². The molecular formula is C13H22N2O4. The van der Waals surface area contributed by atoms with E-state index in [0.717, 1.165) is 12.8 Å². The Bertz CT molecular complexity index is 361. The molecule has 108 valence electrons. The Morgan fingerprint density at radius 2 is 1.95 bits per heavy atom. The van der Waals surface area contributed by atoms with Crippen molar-refractivity contribution in [1.82, 2.24) is 9.80 Å². The van der Waals surface area contributed by atoms with E-state index in [1.165, 1.54) is 4.90 Å². The first kappa shape index (κ1) is 14.1. The molecule has 3 atom stereocenters. The van der Waals surface area contributed by atoms with Gasteiger partial charge in [0.15, 0.2) is 0 Å². The van der Waals surface area contributed by atoms with Gasteiger partial charge in [-0.25, -0.2) is 9.59 Å². The highest BCUT2D eigenvalue weighted by Gasteiger charge is 2.40. The average Bonchev–Trinajstić information content (AvgIpc) is 2.37. The molecule has 2 rings (SSSR count). The van der Waals surface area contributed by atoms with Gasteiger partial charge in [0, 0.05) is 13.1 Å². The second-order valence-electron chi connectivity index (χ2n) is 5.50. The third kappa shape index (κ3) is 2.83. The minimum absolute atomic E-state index is 0.00606. The number of carbonyl (C=O) groups is 2. The lowest BCUT2D eigenvalue weighted by atomic mass is 9.91. The second-order valence-corrected chi connectivity index (χ2v) is 5.50. The largest absolute Gasteiger partial charge is 0.480 e. The summed E-state index contributed by atoms with van der Waals surface area (Å²) in [5.74, 6) is -0.895. The number of likely N-dealkylation sites (tertiary alicyclic amines) is 1. The zero-order valence-corrected chi connectivity index (χ0v) is 11.5. The van der Waals surface area contributed by atoms with Crippen molar-refractivity contribution in [2.75, 3.05) is 26.3 Å². The Kier molecular flexibility index (Phi) is 4.29. The van der Waals surface area contributed by atoms with Crippen LogP contribution in [-0.4, -0.2) is 65.3 Å². The maximum atomic E-state index is 12.6. The van der Waals surface area contributed by atoms with Crippen molar-refractivity contribution in [2.24, 2.45) is 5.92 Å². The predicted octanol–water partition coefficient (Wildman–Crippen LogP) is 1.01. The molecule has 0 bridgehead atoms. The minimum Gasteiger partial charge on any atom is -0.480 e. The molecule has 2 fully saturated rings. The molecule has 2 amide bonds. The number of hydrogen-bond donors (Lipinski definition) is 1. The molecule has 0 radical (unpaired) electrons. The van der Waals surface area contributed by atoms with Crippen molar-refractivity contribution >= 4 is 12.0 Å². The third-order valence-electron chi connectivity index (χ3n) is 4.05. The van der Waals surface area contributed by atoms with Gasteiger partial charge in [-0.1, -0.05) is 6.92 Å². The van der Waals surface area contributed by atoms with Crippen molar-refractivity contribution in [3.63, 3.8) is 0 Å². The fourth-order valence-corrected chi connectivity index (χ4v) is 2.96. The maximum absolute atomic E-state index is 12.6. The highest BCUT2D eigenvalue weighted by molar-refractivity contribution is 5.83. The van der Waals surface area contributed by atoms with E-state index in [-0.39, 0.29) is 18.0 Å². The summed E-state index contributed by atoms with van der Waals surface area (Å²) in [6.07, 6.45) is 1.73. The van der Waals surface area contributed by atoms with Crippen LogP contribution in [0, 0.1) is 5.92 Å². The molecule has 19 heavy (non-hydrogen) atoms. The molecule has 3 unspecified atom stereocenters. The standard InChI is InChI=1S/C13H22N2O4/c1-9-4-3-5-15(11(9)12(16)17)13(18)14-6-7-19-8-10(14)2/h9-11H,3-8H2,1-2H3,(H,16,17). The van der Waals surface area contributed by atoms with Crippen LogP contribution in [0.2, 0.25) is 0 Å². The van der Waals surface area contributed by atoms with E-state index >= 15 is 0 Å². The quantitative estimate of drug-likeness (QED) is 0.772. The molecule has 0 aromatic rings. The Hall–Kier alpha value is -1.30. The van der Waals surface area contributed by atoms with Crippen molar-refractivity contribution in [2.45, 2.75) is 38.8 Å². The second kappa shape index (κ2) is 5.77. The number of morpholine rings is 1. The summed E-state index contributed by atoms with van der Waals surface area (Å²) in [6.45, 7) is 5.95. The van der Waals surface area contributed by atoms with E-state index in [9.17, 15) is 14.7 Å². The number of ether oxygens (including phenoxy) is 1. The minimum atomic E-state index is -0.901. The van der Waals surface area contributed by atoms with Gasteiger partial charge >= 0.3 is 12.0 Å². The molecule has 2 heterocycles. The zero-order valence-electron chi connectivity index (χ0n) is 11.5. The molecular weight excluding hydrogens is 248 g/mol. The van der Waals surface area contributed by atoms with Gasteiger partial charge in [-0.3, -0.25) is 0 Å². The van der Waals surface area contributed by atoms with Crippen molar-refractivity contribution < 1.29 is 19.4 Å². The zero-order chi connectivity index (χ0) is 14.0. The molecule has 6 heteroatoms. The summed E-state index contributed by atoms with van der Waals surface area (Å²) in [7, 11) is 0. The van der Waals surface area contributed by atoms with E-state index in [1.807, 2.05) is 13.8 Å². The first-order chi connectivity index (χ1) is 9.02. The highest BCUT2D eigenvalue weighted by atomic mass is 16.5. The van der Waals surface area contributed by atoms with Crippen LogP contribution in [0.5, 0.6) is 0 Å². The number of urea groups is 1. The number of carboxylic acids is 1. The van der Waals surface area contributed by atoms with Gasteiger partial charge in [-0.15, -0.1) is 0 Å². The Morgan fingerprint density at radius 3 is 2.58 bits per heavy atom. The first-order valence-corrected chi connectivity index (χ1v) is 6.90. The third-order valence-corrected chi connectivity index (χ3v) is 4.05. The molecule has 0 saturated carbocycles. The SMILES string of the molecule is CC1CCCN(C(=O)N2CCOCC2C)C1C(=O)O. The normalized spacial score (nSPS) is 32.2. The van der Waals surface area contributed by atoms with E-state index in [2.05, 4.69) is 0 Å². The fourth-order valence-electron chi connectivity index (χ4n) is 2.96. The van der Waals surface area contributed by atoms with Crippen LogP contribution in [0.15, 0.2) is 0 Å². The summed E-state index contributed by atoms with van der Waals surface area (Å²) < 4.78 is 5.32. The summed E-state index contributed by atoms with van der Waals surface area (Å²) in [6, 6.07) is -0.848. The lowest BCUT2D eigenvalue weighted by molar-refractivity contribution is -0.145. The number of carbonyl (C=O) groups excluding carboxylic acids is 1. The van der Waals surface area contributed by atoms with Crippen LogP contribution in [0.3, 0.4) is 0 Å². The van der Waals surface area contributed by atoms with Crippen molar-refractivity contribution in [3.8, 4) is 0 Å². The van der Waals surface area contributed by atoms with Gasteiger partial charge in [0.05, 0.1) is 19.3 Å². The summed E-state index contributed by atoms with van der Waals surface area (Å²) in [4.78, 5) is 27.2. The highest BCUT2D eigenvalue weighted by Crippen LogP contribution is 2.25. The van der Waals surface area contributed by atoms with Crippen LogP contribution in [-0.2, 0) is 9.53 Å². The van der Waals surface area contributed by atoms with Gasteiger partial charge in [0.1, 0.15) is 6.04 Å². The number of hydrogen-bond acceptors (Lipinski definition) is 3. The lowest BCUT2D eigenvalue weighted by Gasteiger charge is -2.42. The maximum Gasteiger partial charge on any atom is 0.326 e. The predicted molar refractivity (Wildman–Crippen MR) is 68.9 cm³/mol. The van der Waals surface area contributed by atoms with Gasteiger partial charge in [0.25, 0.3) is 0 Å². The molecule has 2 aliphatic heterocycles. The van der Waals surface area contributed by atoms with E-state index < -0.39 is 12.0 Å². The summed E-state index contributed by atoms with van der Waals surface area (Å²) >= 11 is 0. The molecule has 0 aromatic carbocycles. The topological polar surface area (TPSA) is 70.1 Å². The van der Waals surface area contributed by atoms with Crippen LogP contribution >= 0.6 is 0 Å². The van der Waals surface area contributed by atoms with Crippen LogP contribution in [0.1, 0.15) is 26.7 Å². The molecule has 0 aromatic heterocycles. The number of aliphatic carboxylic acids is 1. The Labute approximate surface area is 113 Å². The molecule has 6 nitrogen and oxygen atoms in total. The van der Waals surface area contributed by atoms with Gasteiger partial charge in [-0.05, 0) is 25.7 Å². The van der Waals surface area contributed by atoms with E-state index in [4.69, 9.17) is 4.74 Å². The number of amides is 2. The molecule has 1 N–H and O–H groups in total. The summed E-state index contributed by atoms with van der Waals surface area (Å²) in [5, 5.41) is 9.36. The Morgan fingerprint density at radius 1 is 1.21 bits per heavy atom. The van der Waals surface area contributed by atoms with Crippen LogP contribution < -0.4 is 0 Å². The Balaban J connectivity index is 2.13. The smallest absolute Gasteiger partial charge is 0.326 e. The summed E-state index contributed by atoms with van der Waals surface area (Å²) in [5.41, 5.74) is 0. The lowest BCUT2D eigenvalue weighted by Crippen LogP contribution is -2.59. The monoisotopic (exact) mass is 270 g/mol. The first-order valence-electron chi connectivity index (χ1n) is 6.90. The van der Waals surface area contributed by atoms with Crippen molar-refractivity contribution in [1.29, 1.82) is 0 Å². The number of piperidine rings is 1. The average molecular weight is 270 g/mol. The van der Waals surface area contributed by atoms with Gasteiger partial charge in [-0.2, -0.15) is 0 Å². The molecule has 2 aliphatic rings. The fraction of sp³-hybridized carbons (Fsp3) is 0.846.